The summed E-state index contributed by atoms with van der Waals surface area (Å²) in [5.41, 5.74) is 0.270. The van der Waals surface area contributed by atoms with Gasteiger partial charge in [-0.05, 0) is 12.1 Å². The van der Waals surface area contributed by atoms with E-state index in [-0.39, 0.29) is 12.2 Å². The van der Waals surface area contributed by atoms with Crippen LogP contribution in [0.2, 0.25) is 0 Å². The smallest absolute Gasteiger partial charge is 0.339 e. The molecule has 0 bridgehead atoms. The van der Waals surface area contributed by atoms with Gasteiger partial charge in [0, 0.05) is 12.4 Å². The molecule has 2 rings (SSSR count). The molecule has 0 aromatic carbocycles. The van der Waals surface area contributed by atoms with Gasteiger partial charge in [-0.1, -0.05) is 0 Å². The Morgan fingerprint density at radius 1 is 1.39 bits per heavy atom. The maximum atomic E-state index is 11.5. The van der Waals surface area contributed by atoms with E-state index in [1.165, 1.54) is 18.5 Å². The Labute approximate surface area is 103 Å². The average Bonchev–Trinajstić information content (AvgIpc) is 2.64. The van der Waals surface area contributed by atoms with Crippen molar-refractivity contribution in [1.29, 1.82) is 0 Å². The van der Waals surface area contributed by atoms with Gasteiger partial charge in [0.2, 0.25) is 0 Å². The van der Waals surface area contributed by atoms with Crippen molar-refractivity contribution in [2.24, 2.45) is 0 Å². The number of aliphatic hydroxyl groups is 3. The lowest BCUT2D eigenvalue weighted by atomic mass is 10.1. The van der Waals surface area contributed by atoms with Crippen LogP contribution in [-0.4, -0.2) is 57.5 Å². The lowest BCUT2D eigenvalue weighted by Gasteiger charge is -2.14. The summed E-state index contributed by atoms with van der Waals surface area (Å²) in [4.78, 5) is 15.3. The summed E-state index contributed by atoms with van der Waals surface area (Å²) >= 11 is 0. The zero-order chi connectivity index (χ0) is 13.1. The Bertz CT molecular complexity index is 411. The van der Waals surface area contributed by atoms with Gasteiger partial charge in [-0.15, -0.1) is 0 Å². The molecule has 0 amide bonds. The molecule has 0 aliphatic carbocycles. The summed E-state index contributed by atoms with van der Waals surface area (Å²) in [5, 5.41) is 27.9. The third-order valence-corrected chi connectivity index (χ3v) is 2.61. The van der Waals surface area contributed by atoms with E-state index in [1.807, 2.05) is 0 Å². The number of rotatable bonds is 3. The van der Waals surface area contributed by atoms with E-state index in [9.17, 15) is 15.0 Å². The molecule has 1 aromatic heterocycles. The first-order valence-electron chi connectivity index (χ1n) is 5.36. The Hall–Kier alpha value is -1.54. The number of aliphatic hydroxyl groups excluding tert-OH is 3. The van der Waals surface area contributed by atoms with E-state index < -0.39 is 30.6 Å². The zero-order valence-electron chi connectivity index (χ0n) is 9.34. The molecular weight excluding hydrogens is 242 g/mol. The Kier molecular flexibility index (Phi) is 3.87. The molecule has 0 radical (unpaired) electrons. The van der Waals surface area contributed by atoms with Gasteiger partial charge in [0.15, 0.2) is 6.29 Å². The lowest BCUT2D eigenvalue weighted by Crippen LogP contribution is -2.34. The quantitative estimate of drug-likeness (QED) is 0.574. The predicted molar refractivity (Wildman–Crippen MR) is 57.4 cm³/mol. The summed E-state index contributed by atoms with van der Waals surface area (Å²) in [6, 6.07) is 3.12. The Balaban J connectivity index is 1.88. The van der Waals surface area contributed by atoms with Crippen molar-refractivity contribution in [3.63, 3.8) is 0 Å². The number of nitrogens with zero attached hydrogens (tertiary/aromatic N) is 1. The number of aromatic nitrogens is 1. The zero-order valence-corrected chi connectivity index (χ0v) is 9.34. The van der Waals surface area contributed by atoms with Gasteiger partial charge in [0.05, 0.1) is 5.56 Å². The minimum absolute atomic E-state index is 0.261. The number of carbonyl (C=O) groups excluding carboxylic acids is 1. The van der Waals surface area contributed by atoms with Crippen molar-refractivity contribution >= 4 is 5.97 Å². The monoisotopic (exact) mass is 255 g/mol. The molecule has 1 aliphatic rings. The van der Waals surface area contributed by atoms with Crippen LogP contribution in [0, 0.1) is 0 Å². The number of hydrogen-bond donors (Lipinski definition) is 3. The van der Waals surface area contributed by atoms with Gasteiger partial charge < -0.3 is 24.8 Å². The molecule has 0 saturated carbocycles. The van der Waals surface area contributed by atoms with Gasteiger partial charge in [0.25, 0.3) is 0 Å². The molecule has 0 spiro atoms. The van der Waals surface area contributed by atoms with E-state index >= 15 is 0 Å². The molecule has 2 heterocycles. The van der Waals surface area contributed by atoms with Crippen LogP contribution in [0.5, 0.6) is 0 Å². The second kappa shape index (κ2) is 5.40. The maximum absolute atomic E-state index is 11.5. The maximum Gasteiger partial charge on any atom is 0.339 e. The van der Waals surface area contributed by atoms with Crippen molar-refractivity contribution < 1.29 is 29.6 Å². The van der Waals surface area contributed by atoms with Crippen LogP contribution < -0.4 is 0 Å². The first-order chi connectivity index (χ1) is 8.59. The minimum atomic E-state index is -1.47. The topological polar surface area (TPSA) is 109 Å². The van der Waals surface area contributed by atoms with Crippen LogP contribution in [0.15, 0.2) is 24.5 Å². The van der Waals surface area contributed by atoms with E-state index in [0.29, 0.717) is 0 Å². The second-order valence-electron chi connectivity index (χ2n) is 3.89. The van der Waals surface area contributed by atoms with E-state index in [0.717, 1.165) is 0 Å². The summed E-state index contributed by atoms with van der Waals surface area (Å²) in [7, 11) is 0. The Morgan fingerprint density at radius 3 is 2.72 bits per heavy atom. The van der Waals surface area contributed by atoms with E-state index in [1.54, 1.807) is 6.07 Å². The van der Waals surface area contributed by atoms with Gasteiger partial charge in [-0.25, -0.2) is 4.79 Å². The number of pyridine rings is 1. The first kappa shape index (κ1) is 12.9. The number of esters is 1. The van der Waals surface area contributed by atoms with Gasteiger partial charge in [0.1, 0.15) is 24.9 Å². The van der Waals surface area contributed by atoms with Gasteiger partial charge >= 0.3 is 5.97 Å². The summed E-state index contributed by atoms with van der Waals surface area (Å²) in [6.07, 6.45) is -2.24. The van der Waals surface area contributed by atoms with Crippen molar-refractivity contribution in [2.45, 2.75) is 24.6 Å². The molecule has 3 N–H and O–H groups in total. The fraction of sp³-hybridized carbons (Fsp3) is 0.455. The minimum Gasteiger partial charge on any atom is -0.459 e. The molecule has 1 aromatic rings. The van der Waals surface area contributed by atoms with Gasteiger partial charge in [-0.3, -0.25) is 4.98 Å². The highest BCUT2D eigenvalue weighted by molar-refractivity contribution is 5.88. The molecule has 7 heteroatoms. The van der Waals surface area contributed by atoms with Crippen LogP contribution >= 0.6 is 0 Å². The molecule has 98 valence electrons. The average molecular weight is 255 g/mol. The number of carbonyl (C=O) groups is 1. The molecule has 1 saturated heterocycles. The summed E-state index contributed by atoms with van der Waals surface area (Å²) in [6.45, 7) is -0.261. The molecule has 18 heavy (non-hydrogen) atoms. The number of ether oxygens (including phenoxy) is 2. The summed E-state index contributed by atoms with van der Waals surface area (Å²) in [5.74, 6) is -0.616. The van der Waals surface area contributed by atoms with Crippen LogP contribution in [0.4, 0.5) is 0 Å². The fourth-order valence-electron chi connectivity index (χ4n) is 1.59. The molecule has 1 aliphatic heterocycles. The van der Waals surface area contributed by atoms with E-state index in [2.05, 4.69) is 4.98 Å². The largest absolute Gasteiger partial charge is 0.459 e. The molecule has 4 atom stereocenters. The van der Waals surface area contributed by atoms with Crippen molar-refractivity contribution in [2.75, 3.05) is 6.61 Å². The first-order valence-corrected chi connectivity index (χ1v) is 5.36. The van der Waals surface area contributed by atoms with Crippen LogP contribution in [0.25, 0.3) is 0 Å². The van der Waals surface area contributed by atoms with Crippen molar-refractivity contribution in [3.05, 3.63) is 30.1 Å². The fourth-order valence-corrected chi connectivity index (χ4v) is 1.59. The van der Waals surface area contributed by atoms with Crippen molar-refractivity contribution in [1.82, 2.24) is 4.98 Å². The van der Waals surface area contributed by atoms with E-state index in [4.69, 9.17) is 14.6 Å². The summed E-state index contributed by atoms with van der Waals surface area (Å²) < 4.78 is 9.73. The van der Waals surface area contributed by atoms with Crippen LogP contribution in [0.1, 0.15) is 10.4 Å². The molecule has 7 nitrogen and oxygen atoms in total. The third-order valence-electron chi connectivity index (χ3n) is 2.61. The van der Waals surface area contributed by atoms with Crippen molar-refractivity contribution in [3.8, 4) is 0 Å². The lowest BCUT2D eigenvalue weighted by molar-refractivity contribution is -0.133. The third kappa shape index (κ3) is 2.65. The Morgan fingerprint density at radius 2 is 2.17 bits per heavy atom. The normalized spacial score (nSPS) is 31.3. The highest BCUT2D eigenvalue weighted by atomic mass is 16.7. The standard InChI is InChI=1S/C11H13NO6/c13-8-7(18-11(16)9(8)14)5-17-10(15)6-2-1-3-12-4-6/h1-4,7-9,11,13-14,16H,5H2/t7-,8-,9-,11?/m1/s1. The molecule has 1 unspecified atom stereocenters. The molecule has 1 fully saturated rings. The second-order valence-corrected chi connectivity index (χ2v) is 3.89. The number of hydrogen-bond acceptors (Lipinski definition) is 7. The highest BCUT2D eigenvalue weighted by Gasteiger charge is 2.42. The molecular formula is C11H13NO6. The van der Waals surface area contributed by atoms with Crippen LogP contribution in [0.3, 0.4) is 0 Å². The predicted octanol–water partition coefficient (Wildman–Crippen LogP) is -1.32. The van der Waals surface area contributed by atoms with Gasteiger partial charge in [-0.2, -0.15) is 0 Å². The highest BCUT2D eigenvalue weighted by Crippen LogP contribution is 2.19. The van der Waals surface area contributed by atoms with Crippen LogP contribution in [-0.2, 0) is 9.47 Å². The SMILES string of the molecule is O=C(OC[C@H]1OC(O)[C@H](O)[C@@H]1O)c1cccnc1.